The van der Waals surface area contributed by atoms with Crippen molar-refractivity contribution in [3.63, 3.8) is 0 Å². The van der Waals surface area contributed by atoms with Crippen LogP contribution in [0.1, 0.15) is 36.7 Å². The molecular weight excluding hydrogens is 366 g/mol. The molecule has 150 valence electrons. The number of nitrogens with two attached hydrogens (primary N) is 1. The lowest BCUT2D eigenvalue weighted by molar-refractivity contribution is 0.0955. The molecule has 0 amide bonds. The van der Waals surface area contributed by atoms with Crippen molar-refractivity contribution in [2.45, 2.75) is 50.3 Å². The van der Waals surface area contributed by atoms with E-state index < -0.39 is 6.10 Å². The average molecular weight is 391 g/mol. The van der Waals surface area contributed by atoms with Crippen molar-refractivity contribution < 1.29 is 5.11 Å². The molecule has 29 heavy (non-hydrogen) atoms. The van der Waals surface area contributed by atoms with Gasteiger partial charge in [-0.2, -0.15) is 5.10 Å². The summed E-state index contributed by atoms with van der Waals surface area (Å²) in [4.78, 5) is 15.5. The second kappa shape index (κ2) is 7.46. The van der Waals surface area contributed by atoms with E-state index >= 15 is 0 Å². The van der Waals surface area contributed by atoms with E-state index in [2.05, 4.69) is 21.0 Å². The number of H-pyrrole nitrogens is 2. The molecule has 0 spiro atoms. The Morgan fingerprint density at radius 2 is 2.10 bits per heavy atom. The third-order valence-electron chi connectivity index (χ3n) is 5.91. The summed E-state index contributed by atoms with van der Waals surface area (Å²) >= 11 is 0. The van der Waals surface area contributed by atoms with Gasteiger partial charge in [0.25, 0.3) is 0 Å². The molecule has 8 nitrogen and oxygen atoms in total. The predicted molar refractivity (Wildman–Crippen MR) is 110 cm³/mol. The average Bonchev–Trinajstić information content (AvgIpc) is 3.47. The van der Waals surface area contributed by atoms with Crippen molar-refractivity contribution in [3.05, 3.63) is 54.5 Å². The molecule has 3 atom stereocenters. The third kappa shape index (κ3) is 3.45. The van der Waals surface area contributed by atoms with E-state index in [0.29, 0.717) is 18.8 Å². The smallest absolute Gasteiger partial charge is 0.183 e. The number of hydrogen-bond acceptors (Lipinski definition) is 5. The van der Waals surface area contributed by atoms with Gasteiger partial charge >= 0.3 is 0 Å². The van der Waals surface area contributed by atoms with E-state index in [4.69, 9.17) is 15.8 Å². The van der Waals surface area contributed by atoms with Crippen molar-refractivity contribution in [2.24, 2.45) is 5.73 Å². The zero-order valence-electron chi connectivity index (χ0n) is 16.1. The summed E-state index contributed by atoms with van der Waals surface area (Å²) in [5, 5.41) is 16.3. The molecule has 1 aliphatic rings. The first-order valence-corrected chi connectivity index (χ1v) is 10.1. The topological polar surface area (TPSA) is 121 Å². The molecule has 1 fully saturated rings. The van der Waals surface area contributed by atoms with E-state index in [9.17, 15) is 5.11 Å². The molecule has 1 aliphatic carbocycles. The van der Waals surface area contributed by atoms with Gasteiger partial charge in [-0.05, 0) is 25.3 Å². The molecular formula is C21H25N7O. The third-order valence-corrected chi connectivity index (χ3v) is 5.91. The summed E-state index contributed by atoms with van der Waals surface area (Å²) in [6, 6.07) is 8.01. The number of aromatic amines is 2. The number of benzene rings is 1. The first kappa shape index (κ1) is 18.1. The Kier molecular flexibility index (Phi) is 4.65. The number of hydrogen-bond donors (Lipinski definition) is 4. The highest BCUT2D eigenvalue weighted by Crippen LogP contribution is 2.34. The Labute approximate surface area is 168 Å². The number of aliphatic hydroxyl groups excluding tert-OH is 1. The quantitative estimate of drug-likeness (QED) is 0.416. The highest BCUT2D eigenvalue weighted by Gasteiger charge is 2.31. The molecule has 8 heteroatoms. The van der Waals surface area contributed by atoms with Crippen LogP contribution in [0.25, 0.3) is 22.3 Å². The van der Waals surface area contributed by atoms with Crippen LogP contribution in [0, 0.1) is 0 Å². The Bertz CT molecular complexity index is 1100. The van der Waals surface area contributed by atoms with Crippen LogP contribution in [0.4, 0.5) is 0 Å². The fourth-order valence-electron chi connectivity index (χ4n) is 4.24. The fraction of sp³-hybridized carbons (Fsp3) is 0.381. The van der Waals surface area contributed by atoms with Gasteiger partial charge in [0.15, 0.2) is 5.82 Å². The van der Waals surface area contributed by atoms with Gasteiger partial charge in [0.05, 0.1) is 12.4 Å². The lowest BCUT2D eigenvalue weighted by atomic mass is 9.84. The van der Waals surface area contributed by atoms with E-state index in [1.54, 1.807) is 6.33 Å². The molecule has 0 aliphatic heterocycles. The number of aliphatic hydroxyl groups is 1. The molecule has 0 bridgehead atoms. The standard InChI is InChI=1S/C21H25N7O/c22-17-6-5-13(9-19(17)29)21-26-20(16-11-24-18-4-2-1-3-15(16)18)27-28(21)8-7-14-10-23-12-25-14/h1-4,10-13,17,19,24,29H,5-9,22H2,(H,23,25)/t13-,17+,19+/m0/s1. The second-order valence-electron chi connectivity index (χ2n) is 7.83. The van der Waals surface area contributed by atoms with Crippen LogP contribution in [0.3, 0.4) is 0 Å². The number of nitrogens with one attached hydrogen (secondary N) is 2. The minimum atomic E-state index is -0.497. The fourth-order valence-corrected chi connectivity index (χ4v) is 4.24. The number of aryl methyl sites for hydroxylation is 2. The Balaban J connectivity index is 1.51. The Morgan fingerprint density at radius 1 is 1.21 bits per heavy atom. The minimum absolute atomic E-state index is 0.151. The van der Waals surface area contributed by atoms with Gasteiger partial charge in [-0.1, -0.05) is 18.2 Å². The SMILES string of the molecule is N[C@@H]1CC[C@H](c2nc(-c3c[nH]c4ccccc34)nn2CCc2cnc[nH]2)C[C@H]1O. The van der Waals surface area contributed by atoms with Gasteiger partial charge in [-0.3, -0.25) is 0 Å². The zero-order valence-corrected chi connectivity index (χ0v) is 16.1. The maximum atomic E-state index is 10.3. The zero-order chi connectivity index (χ0) is 19.8. The lowest BCUT2D eigenvalue weighted by Crippen LogP contribution is -2.40. The van der Waals surface area contributed by atoms with Crippen molar-refractivity contribution in [3.8, 4) is 11.4 Å². The van der Waals surface area contributed by atoms with E-state index in [1.165, 1.54) is 0 Å². The largest absolute Gasteiger partial charge is 0.391 e. The molecule has 5 rings (SSSR count). The van der Waals surface area contributed by atoms with Crippen molar-refractivity contribution in [1.82, 2.24) is 29.7 Å². The number of fused-ring (bicyclic) bond motifs is 1. The molecule has 1 saturated carbocycles. The van der Waals surface area contributed by atoms with Crippen molar-refractivity contribution >= 4 is 10.9 Å². The van der Waals surface area contributed by atoms with E-state index in [-0.39, 0.29) is 12.0 Å². The summed E-state index contributed by atoms with van der Waals surface area (Å²) in [5.74, 6) is 1.79. The van der Waals surface area contributed by atoms with Gasteiger partial charge in [-0.15, -0.1) is 0 Å². The summed E-state index contributed by atoms with van der Waals surface area (Å²) in [6.45, 7) is 0.700. The van der Waals surface area contributed by atoms with Gasteiger partial charge in [0.1, 0.15) is 5.82 Å². The predicted octanol–water partition coefficient (Wildman–Crippen LogP) is 2.35. The van der Waals surface area contributed by atoms with Crippen LogP contribution in [-0.4, -0.2) is 47.0 Å². The van der Waals surface area contributed by atoms with Crippen molar-refractivity contribution in [1.29, 1.82) is 0 Å². The van der Waals surface area contributed by atoms with Crippen LogP contribution in [0.2, 0.25) is 0 Å². The summed E-state index contributed by atoms with van der Waals surface area (Å²) in [5.41, 5.74) is 9.14. The van der Waals surface area contributed by atoms with Gasteiger partial charge in [-0.25, -0.2) is 14.6 Å². The number of aromatic nitrogens is 6. The first-order valence-electron chi connectivity index (χ1n) is 10.1. The summed E-state index contributed by atoms with van der Waals surface area (Å²) < 4.78 is 1.99. The second-order valence-corrected chi connectivity index (χ2v) is 7.83. The van der Waals surface area contributed by atoms with Crippen LogP contribution >= 0.6 is 0 Å². The number of imidazole rings is 1. The first-order chi connectivity index (χ1) is 14.2. The minimum Gasteiger partial charge on any atom is -0.391 e. The highest BCUT2D eigenvalue weighted by molar-refractivity contribution is 5.93. The number of nitrogens with zero attached hydrogens (tertiary/aromatic N) is 4. The summed E-state index contributed by atoms with van der Waals surface area (Å²) in [7, 11) is 0. The maximum Gasteiger partial charge on any atom is 0.183 e. The molecule has 0 unspecified atom stereocenters. The van der Waals surface area contributed by atoms with E-state index in [0.717, 1.165) is 47.2 Å². The molecule has 0 saturated heterocycles. The normalized spacial score (nSPS) is 22.3. The molecule has 4 aromatic rings. The Hall–Kier alpha value is -2.97. The number of rotatable bonds is 5. The van der Waals surface area contributed by atoms with Crippen LogP contribution in [-0.2, 0) is 13.0 Å². The van der Waals surface area contributed by atoms with Crippen LogP contribution < -0.4 is 5.73 Å². The maximum absolute atomic E-state index is 10.3. The van der Waals surface area contributed by atoms with E-state index in [1.807, 2.05) is 35.3 Å². The van der Waals surface area contributed by atoms with Crippen LogP contribution in [0.15, 0.2) is 43.0 Å². The number of para-hydroxylation sites is 1. The van der Waals surface area contributed by atoms with Gasteiger partial charge in [0, 0.05) is 59.5 Å². The van der Waals surface area contributed by atoms with Crippen LogP contribution in [0.5, 0.6) is 0 Å². The van der Waals surface area contributed by atoms with Crippen molar-refractivity contribution in [2.75, 3.05) is 0 Å². The lowest BCUT2D eigenvalue weighted by Gasteiger charge is -2.30. The Morgan fingerprint density at radius 3 is 2.93 bits per heavy atom. The molecule has 3 heterocycles. The molecule has 1 aromatic carbocycles. The molecule has 5 N–H and O–H groups in total. The van der Waals surface area contributed by atoms with Gasteiger partial charge in [0.2, 0.25) is 0 Å². The highest BCUT2D eigenvalue weighted by atomic mass is 16.3. The molecule has 3 aromatic heterocycles. The van der Waals surface area contributed by atoms with Gasteiger partial charge < -0.3 is 20.8 Å². The monoisotopic (exact) mass is 391 g/mol. The molecule has 0 radical (unpaired) electrons. The summed E-state index contributed by atoms with van der Waals surface area (Å²) in [6.07, 6.45) is 8.11.